The van der Waals surface area contributed by atoms with Crippen molar-refractivity contribution in [1.82, 2.24) is 0 Å². The highest BCUT2D eigenvalue weighted by Crippen LogP contribution is 2.38. The number of aliphatic hydroxyl groups excluding tert-OH is 3. The van der Waals surface area contributed by atoms with E-state index in [0.29, 0.717) is 0 Å². The van der Waals surface area contributed by atoms with Gasteiger partial charge in [0.15, 0.2) is 25.0 Å². The van der Waals surface area contributed by atoms with Crippen molar-refractivity contribution in [3.05, 3.63) is 10.1 Å². The van der Waals surface area contributed by atoms with Crippen LogP contribution in [0.4, 0.5) is 0 Å². The van der Waals surface area contributed by atoms with E-state index < -0.39 is 78.2 Å². The van der Waals surface area contributed by atoms with Crippen LogP contribution in [0, 0.1) is 10.1 Å². The summed E-state index contributed by atoms with van der Waals surface area (Å²) in [6.45, 7) is 6.40. The Morgan fingerprint density at radius 3 is 2.06 bits per heavy atom. The third kappa shape index (κ3) is 5.24. The summed E-state index contributed by atoms with van der Waals surface area (Å²) < 4.78 is 34.1. The Kier molecular flexibility index (Phi) is 8.11. The molecule has 3 aliphatic rings. The van der Waals surface area contributed by atoms with Gasteiger partial charge in [-0.2, -0.15) is 0 Å². The molecule has 0 aromatic heterocycles. The zero-order valence-corrected chi connectivity index (χ0v) is 19.0. The Hall–Kier alpha value is -0.960. The summed E-state index contributed by atoms with van der Waals surface area (Å²) >= 11 is 0. The predicted molar refractivity (Wildman–Crippen MR) is 107 cm³/mol. The number of hydrogen-bond donors (Lipinski definition) is 3. The number of nitrogens with zero attached hydrogens (tertiary/aromatic N) is 1. The molecule has 3 aliphatic heterocycles. The molecule has 32 heavy (non-hydrogen) atoms. The van der Waals surface area contributed by atoms with Crippen molar-refractivity contribution < 1.29 is 48.7 Å². The first-order chi connectivity index (χ1) is 15.0. The molecular weight excluding hydrogens is 430 g/mol. The van der Waals surface area contributed by atoms with Crippen LogP contribution in [0.2, 0.25) is 0 Å². The number of aliphatic hydroxyl groups is 3. The van der Waals surface area contributed by atoms with Gasteiger partial charge in [0.25, 0.3) is 5.54 Å². The quantitative estimate of drug-likeness (QED) is 0.356. The van der Waals surface area contributed by atoms with Crippen LogP contribution in [-0.2, 0) is 28.4 Å². The molecule has 3 rings (SSSR count). The molecule has 3 saturated heterocycles. The zero-order chi connectivity index (χ0) is 23.8. The fourth-order valence-electron chi connectivity index (χ4n) is 4.65. The molecule has 3 fully saturated rings. The second-order valence-corrected chi connectivity index (χ2v) is 9.12. The minimum Gasteiger partial charge on any atom is -0.390 e. The Morgan fingerprint density at radius 1 is 0.906 bits per heavy atom. The van der Waals surface area contributed by atoms with Gasteiger partial charge in [-0.1, -0.05) is 0 Å². The first-order valence-electron chi connectivity index (χ1n) is 10.9. The van der Waals surface area contributed by atoms with Crippen LogP contribution < -0.4 is 0 Å². The van der Waals surface area contributed by atoms with Crippen LogP contribution in [0.1, 0.15) is 47.0 Å². The van der Waals surface area contributed by atoms with E-state index in [-0.39, 0.29) is 19.3 Å². The summed E-state index contributed by atoms with van der Waals surface area (Å²) in [5.41, 5.74) is -1.59. The molecule has 3 N–H and O–H groups in total. The molecule has 12 atom stereocenters. The normalized spacial score (nSPS) is 50.2. The number of ether oxygens (including phenoxy) is 6. The molecule has 12 heteroatoms. The molecule has 0 unspecified atom stereocenters. The smallest absolute Gasteiger partial charge is 0.252 e. The molecule has 0 spiro atoms. The lowest BCUT2D eigenvalue weighted by Crippen LogP contribution is -2.63. The third-order valence-electron chi connectivity index (χ3n) is 6.59. The highest BCUT2D eigenvalue weighted by molar-refractivity contribution is 4.95. The van der Waals surface area contributed by atoms with E-state index in [2.05, 4.69) is 0 Å². The predicted octanol–water partition coefficient (Wildman–Crippen LogP) is -0.0740. The average molecular weight is 465 g/mol. The summed E-state index contributed by atoms with van der Waals surface area (Å²) in [5, 5.41) is 42.4. The van der Waals surface area contributed by atoms with Gasteiger partial charge in [0, 0.05) is 31.8 Å². The van der Waals surface area contributed by atoms with Crippen LogP contribution in [0.15, 0.2) is 0 Å². The van der Waals surface area contributed by atoms with E-state index in [1.807, 2.05) is 0 Å². The van der Waals surface area contributed by atoms with Gasteiger partial charge in [0.2, 0.25) is 0 Å². The lowest BCUT2D eigenvalue weighted by molar-refractivity contribution is -0.599. The van der Waals surface area contributed by atoms with Gasteiger partial charge >= 0.3 is 0 Å². The second kappa shape index (κ2) is 10.1. The molecule has 186 valence electrons. The molecule has 0 aromatic carbocycles. The van der Waals surface area contributed by atoms with Crippen molar-refractivity contribution in [3.8, 4) is 0 Å². The summed E-state index contributed by atoms with van der Waals surface area (Å²) in [7, 11) is 1.48. The Labute approximate surface area is 186 Å². The largest absolute Gasteiger partial charge is 0.390 e. The topological polar surface area (TPSA) is 159 Å². The van der Waals surface area contributed by atoms with E-state index in [1.54, 1.807) is 20.8 Å². The van der Waals surface area contributed by atoms with Crippen molar-refractivity contribution in [2.24, 2.45) is 0 Å². The monoisotopic (exact) mass is 465 g/mol. The highest BCUT2D eigenvalue weighted by Gasteiger charge is 2.57. The molecule has 0 aromatic rings. The van der Waals surface area contributed by atoms with Crippen LogP contribution in [0.3, 0.4) is 0 Å². The van der Waals surface area contributed by atoms with E-state index in [0.717, 1.165) is 0 Å². The van der Waals surface area contributed by atoms with Gasteiger partial charge in [-0.15, -0.1) is 0 Å². The number of methoxy groups -OCH3 is 1. The maximum atomic E-state index is 12.1. The first-order valence-corrected chi connectivity index (χ1v) is 10.9. The van der Waals surface area contributed by atoms with E-state index in [4.69, 9.17) is 28.4 Å². The van der Waals surface area contributed by atoms with Crippen LogP contribution >= 0.6 is 0 Å². The Bertz CT molecular complexity index is 629. The first kappa shape index (κ1) is 25.7. The van der Waals surface area contributed by atoms with Crippen LogP contribution in [0.5, 0.6) is 0 Å². The van der Waals surface area contributed by atoms with Crippen molar-refractivity contribution in [3.63, 3.8) is 0 Å². The number of rotatable bonds is 6. The van der Waals surface area contributed by atoms with Gasteiger partial charge < -0.3 is 43.7 Å². The molecule has 0 aliphatic carbocycles. The van der Waals surface area contributed by atoms with Crippen molar-refractivity contribution in [1.29, 1.82) is 0 Å². The minimum atomic E-state index is -1.59. The van der Waals surface area contributed by atoms with Gasteiger partial charge in [0.1, 0.15) is 12.2 Å². The lowest BCUT2D eigenvalue weighted by Gasteiger charge is -2.46. The second-order valence-electron chi connectivity index (χ2n) is 9.12. The van der Waals surface area contributed by atoms with Crippen molar-refractivity contribution >= 4 is 0 Å². The SMILES string of the molecule is CO[C@H]1C[C@H](O)[C@H](O[C@@H]2C[C@@](C)([N+](=O)[O-])[C@@H](O[C@H]3C[C@H](O)[C@H](O)[C@H](C)O3)[C@H](C)O2)[C@H](C)O1. The molecule has 0 amide bonds. The Morgan fingerprint density at radius 2 is 1.50 bits per heavy atom. The average Bonchev–Trinajstić information content (AvgIpc) is 2.71. The van der Waals surface area contributed by atoms with Crippen molar-refractivity contribution in [2.75, 3.05) is 7.11 Å². The molecule has 0 saturated carbocycles. The number of hydrogen-bond acceptors (Lipinski definition) is 11. The minimum absolute atomic E-state index is 0.0216. The van der Waals surface area contributed by atoms with Gasteiger partial charge in [-0.05, 0) is 20.8 Å². The Balaban J connectivity index is 1.69. The molecule has 0 radical (unpaired) electrons. The maximum absolute atomic E-state index is 12.1. The number of nitro groups is 1. The van der Waals surface area contributed by atoms with E-state index in [1.165, 1.54) is 14.0 Å². The van der Waals surface area contributed by atoms with Gasteiger partial charge in [-0.25, -0.2) is 0 Å². The zero-order valence-electron chi connectivity index (χ0n) is 19.0. The van der Waals surface area contributed by atoms with Crippen LogP contribution in [0.25, 0.3) is 0 Å². The molecule has 3 heterocycles. The van der Waals surface area contributed by atoms with Crippen molar-refractivity contribution in [2.45, 2.75) is 120 Å². The summed E-state index contributed by atoms with van der Waals surface area (Å²) in [6, 6.07) is 0. The van der Waals surface area contributed by atoms with E-state index >= 15 is 0 Å². The lowest BCUT2D eigenvalue weighted by atomic mass is 9.85. The summed E-state index contributed by atoms with van der Waals surface area (Å²) in [5.74, 6) is 0. The molecule has 12 nitrogen and oxygen atoms in total. The molecule has 0 bridgehead atoms. The maximum Gasteiger partial charge on any atom is 0.252 e. The summed E-state index contributed by atoms with van der Waals surface area (Å²) in [6.07, 6.45) is -9.11. The molecular formula is C20H35NO11. The summed E-state index contributed by atoms with van der Waals surface area (Å²) in [4.78, 5) is 11.7. The highest BCUT2D eigenvalue weighted by atomic mass is 16.7. The third-order valence-corrected chi connectivity index (χ3v) is 6.59. The van der Waals surface area contributed by atoms with E-state index in [9.17, 15) is 25.4 Å². The standard InChI is InChI=1S/C20H35NO11/c1-9-17(24)12(22)6-15(28-9)32-19-11(3)30-16(8-20(19,4)21(25)26)31-18-10(2)29-14(27-5)7-13(18)23/h9-19,22-24H,6-8H2,1-5H3/t9-,10-,11-,12-,13-,14+,15-,16+,17+,18+,19-,20+/m0/s1. The fraction of sp³-hybridized carbons (Fsp3) is 1.00. The fourth-order valence-corrected chi connectivity index (χ4v) is 4.65. The van der Waals surface area contributed by atoms with Gasteiger partial charge in [0.05, 0.1) is 36.9 Å². The van der Waals surface area contributed by atoms with Crippen LogP contribution in [-0.4, -0.2) is 101 Å². The van der Waals surface area contributed by atoms with Gasteiger partial charge in [-0.3, -0.25) is 10.1 Å².